The Morgan fingerprint density at radius 2 is 2.19 bits per heavy atom. The SMILES string of the molecule is CCNC(c1c(C)ccnc1N)C1CN(C)CCCN1C. The second kappa shape index (κ2) is 7.20. The average Bonchev–Trinajstić information content (AvgIpc) is 2.59. The van der Waals surface area contributed by atoms with Gasteiger partial charge in [-0.2, -0.15) is 0 Å². The maximum Gasteiger partial charge on any atom is 0.128 e. The predicted molar refractivity (Wildman–Crippen MR) is 88.3 cm³/mol. The van der Waals surface area contributed by atoms with E-state index in [-0.39, 0.29) is 6.04 Å². The number of nitrogens with one attached hydrogen (secondary N) is 1. The second-order valence-corrected chi connectivity index (χ2v) is 6.13. The van der Waals surface area contributed by atoms with Crippen LogP contribution in [0.15, 0.2) is 12.3 Å². The van der Waals surface area contributed by atoms with E-state index in [1.54, 1.807) is 6.20 Å². The molecule has 1 aliphatic heterocycles. The summed E-state index contributed by atoms with van der Waals surface area (Å²) >= 11 is 0. The van der Waals surface area contributed by atoms with E-state index in [4.69, 9.17) is 5.73 Å². The lowest BCUT2D eigenvalue weighted by Crippen LogP contribution is -2.47. The lowest BCUT2D eigenvalue weighted by Gasteiger charge is -2.36. The van der Waals surface area contributed by atoms with Crippen LogP contribution in [0.5, 0.6) is 0 Å². The molecule has 1 aromatic rings. The minimum Gasteiger partial charge on any atom is -0.383 e. The zero-order valence-corrected chi connectivity index (χ0v) is 13.8. The highest BCUT2D eigenvalue weighted by Gasteiger charge is 2.31. The van der Waals surface area contributed by atoms with Crippen molar-refractivity contribution in [2.45, 2.75) is 32.4 Å². The van der Waals surface area contributed by atoms with E-state index in [0.29, 0.717) is 11.9 Å². The van der Waals surface area contributed by atoms with Crippen LogP contribution >= 0.6 is 0 Å². The van der Waals surface area contributed by atoms with Crippen LogP contribution in [0.1, 0.15) is 30.5 Å². The third kappa shape index (κ3) is 3.73. The number of aromatic nitrogens is 1. The number of likely N-dealkylation sites (N-methyl/N-ethyl adjacent to an activating group) is 3. The highest BCUT2D eigenvalue weighted by atomic mass is 15.2. The lowest BCUT2D eigenvalue weighted by molar-refractivity contribution is 0.179. The minimum atomic E-state index is 0.217. The second-order valence-electron chi connectivity index (χ2n) is 6.13. The normalized spacial score (nSPS) is 23.0. The molecule has 21 heavy (non-hydrogen) atoms. The van der Waals surface area contributed by atoms with Gasteiger partial charge in [0.1, 0.15) is 5.82 Å². The van der Waals surface area contributed by atoms with Crippen LogP contribution in [0.25, 0.3) is 0 Å². The molecular weight excluding hydrogens is 262 g/mol. The summed E-state index contributed by atoms with van der Waals surface area (Å²) in [6, 6.07) is 2.67. The fraction of sp³-hybridized carbons (Fsp3) is 0.688. The largest absolute Gasteiger partial charge is 0.383 e. The van der Waals surface area contributed by atoms with Gasteiger partial charge < -0.3 is 20.9 Å². The first kappa shape index (κ1) is 16.2. The number of rotatable bonds is 4. The molecule has 1 aromatic heterocycles. The summed E-state index contributed by atoms with van der Waals surface area (Å²) in [6.45, 7) is 8.51. The van der Waals surface area contributed by atoms with Crippen LogP contribution in [0.4, 0.5) is 5.82 Å². The van der Waals surface area contributed by atoms with Gasteiger partial charge in [-0.05, 0) is 58.7 Å². The Bertz CT molecular complexity index is 442. The van der Waals surface area contributed by atoms with Gasteiger partial charge >= 0.3 is 0 Å². The molecule has 0 aliphatic carbocycles. The van der Waals surface area contributed by atoms with Crippen molar-refractivity contribution >= 4 is 5.82 Å². The molecule has 2 rings (SSSR count). The van der Waals surface area contributed by atoms with Crippen LogP contribution in [0.2, 0.25) is 0 Å². The van der Waals surface area contributed by atoms with Gasteiger partial charge in [-0.3, -0.25) is 0 Å². The smallest absolute Gasteiger partial charge is 0.128 e. The zero-order valence-electron chi connectivity index (χ0n) is 13.8. The molecule has 0 amide bonds. The minimum absolute atomic E-state index is 0.217. The molecule has 5 heteroatoms. The van der Waals surface area contributed by atoms with Crippen molar-refractivity contribution in [2.24, 2.45) is 0 Å². The number of pyridine rings is 1. The van der Waals surface area contributed by atoms with Crippen molar-refractivity contribution in [3.05, 3.63) is 23.4 Å². The van der Waals surface area contributed by atoms with E-state index in [9.17, 15) is 0 Å². The Morgan fingerprint density at radius 1 is 1.43 bits per heavy atom. The quantitative estimate of drug-likeness (QED) is 0.874. The van der Waals surface area contributed by atoms with Crippen molar-refractivity contribution < 1.29 is 0 Å². The first-order valence-corrected chi connectivity index (χ1v) is 7.87. The molecule has 1 fully saturated rings. The van der Waals surface area contributed by atoms with Gasteiger partial charge in [0.25, 0.3) is 0 Å². The van der Waals surface area contributed by atoms with Gasteiger partial charge in [-0.25, -0.2) is 4.98 Å². The van der Waals surface area contributed by atoms with Gasteiger partial charge in [0.05, 0.1) is 6.04 Å². The van der Waals surface area contributed by atoms with Crippen molar-refractivity contribution in [3.8, 4) is 0 Å². The van der Waals surface area contributed by atoms with E-state index < -0.39 is 0 Å². The summed E-state index contributed by atoms with van der Waals surface area (Å²) in [6.07, 6.45) is 3.00. The van der Waals surface area contributed by atoms with Gasteiger partial charge in [0.2, 0.25) is 0 Å². The fourth-order valence-electron chi connectivity index (χ4n) is 3.31. The van der Waals surface area contributed by atoms with E-state index in [2.05, 4.69) is 54.1 Å². The van der Waals surface area contributed by atoms with Gasteiger partial charge in [-0.15, -0.1) is 0 Å². The van der Waals surface area contributed by atoms with Crippen LogP contribution in [-0.2, 0) is 0 Å². The monoisotopic (exact) mass is 291 g/mol. The van der Waals surface area contributed by atoms with Crippen molar-refractivity contribution in [2.75, 3.05) is 46.0 Å². The molecule has 0 aromatic carbocycles. The average molecular weight is 291 g/mol. The molecule has 0 spiro atoms. The van der Waals surface area contributed by atoms with E-state index in [1.807, 2.05) is 0 Å². The molecule has 2 heterocycles. The summed E-state index contributed by atoms with van der Waals surface area (Å²) in [5, 5.41) is 3.64. The topological polar surface area (TPSA) is 57.4 Å². The summed E-state index contributed by atoms with van der Waals surface area (Å²) in [5.74, 6) is 0.654. The Balaban J connectivity index is 2.37. The summed E-state index contributed by atoms with van der Waals surface area (Å²) < 4.78 is 0. The van der Waals surface area contributed by atoms with E-state index >= 15 is 0 Å². The Hall–Kier alpha value is -1.17. The maximum atomic E-state index is 6.20. The predicted octanol–water partition coefficient (Wildman–Crippen LogP) is 1.26. The van der Waals surface area contributed by atoms with Gasteiger partial charge in [0.15, 0.2) is 0 Å². The number of hydrogen-bond donors (Lipinski definition) is 2. The molecule has 0 radical (unpaired) electrons. The van der Waals surface area contributed by atoms with Crippen LogP contribution in [0.3, 0.4) is 0 Å². The van der Waals surface area contributed by atoms with Crippen LogP contribution in [-0.4, -0.2) is 61.1 Å². The number of aryl methyl sites for hydroxylation is 1. The summed E-state index contributed by atoms with van der Waals surface area (Å²) in [5.41, 5.74) is 8.57. The molecule has 1 aliphatic rings. The molecule has 118 valence electrons. The fourth-order valence-corrected chi connectivity index (χ4v) is 3.31. The van der Waals surface area contributed by atoms with Crippen molar-refractivity contribution in [3.63, 3.8) is 0 Å². The van der Waals surface area contributed by atoms with Gasteiger partial charge in [-0.1, -0.05) is 6.92 Å². The zero-order chi connectivity index (χ0) is 15.4. The first-order valence-electron chi connectivity index (χ1n) is 7.87. The van der Waals surface area contributed by atoms with E-state index in [1.165, 1.54) is 12.0 Å². The molecule has 0 bridgehead atoms. The third-order valence-corrected chi connectivity index (χ3v) is 4.47. The number of hydrogen-bond acceptors (Lipinski definition) is 5. The molecule has 5 nitrogen and oxygen atoms in total. The van der Waals surface area contributed by atoms with Crippen molar-refractivity contribution in [1.29, 1.82) is 0 Å². The Labute approximate surface area is 128 Å². The number of nitrogen functional groups attached to an aromatic ring is 1. The van der Waals surface area contributed by atoms with E-state index in [0.717, 1.165) is 31.7 Å². The molecular formula is C16H29N5. The molecule has 0 saturated carbocycles. The molecule has 1 saturated heterocycles. The highest BCUT2D eigenvalue weighted by Crippen LogP contribution is 2.28. The van der Waals surface area contributed by atoms with Gasteiger partial charge in [0, 0.05) is 24.3 Å². The molecule has 3 N–H and O–H groups in total. The summed E-state index contributed by atoms with van der Waals surface area (Å²) in [7, 11) is 4.42. The summed E-state index contributed by atoms with van der Waals surface area (Å²) in [4.78, 5) is 9.19. The van der Waals surface area contributed by atoms with Crippen LogP contribution in [0, 0.1) is 6.92 Å². The number of nitrogens with zero attached hydrogens (tertiary/aromatic N) is 3. The third-order valence-electron chi connectivity index (χ3n) is 4.47. The first-order chi connectivity index (χ1) is 10.0. The maximum absolute atomic E-state index is 6.20. The molecule has 2 atom stereocenters. The standard InChI is InChI=1S/C16H29N5/c1-5-18-15(14-12(2)7-8-19-16(14)17)13-11-20(3)9-6-10-21(13)4/h7-8,13,15,18H,5-6,9-11H2,1-4H3,(H2,17,19). The van der Waals surface area contributed by atoms with Crippen LogP contribution < -0.4 is 11.1 Å². The number of nitrogens with two attached hydrogens (primary N) is 1. The molecule has 2 unspecified atom stereocenters. The Kier molecular flexibility index (Phi) is 5.56. The number of anilines is 1. The lowest BCUT2D eigenvalue weighted by atomic mass is 9.94. The van der Waals surface area contributed by atoms with Crippen molar-refractivity contribution in [1.82, 2.24) is 20.1 Å². The highest BCUT2D eigenvalue weighted by molar-refractivity contribution is 5.46. The Morgan fingerprint density at radius 3 is 2.86 bits per heavy atom.